The molecule has 4 nitrogen and oxygen atoms in total. The number of hydrogen-bond acceptors (Lipinski definition) is 5. The molecule has 0 aliphatic carbocycles. The van der Waals surface area contributed by atoms with Gasteiger partial charge in [0.25, 0.3) is 0 Å². The Labute approximate surface area is 109 Å². The first kappa shape index (κ1) is 13.0. The van der Waals surface area contributed by atoms with Gasteiger partial charge < -0.3 is 5.32 Å². The summed E-state index contributed by atoms with van der Waals surface area (Å²) in [5, 5.41) is 13.1. The first-order chi connectivity index (χ1) is 8.44. The molecule has 0 aliphatic rings. The second-order valence-electron chi connectivity index (χ2n) is 4.97. The zero-order valence-electron chi connectivity index (χ0n) is 10.6. The molecule has 2 aromatic rings. The van der Waals surface area contributed by atoms with Gasteiger partial charge in [-0.1, -0.05) is 11.3 Å². The van der Waals surface area contributed by atoms with Crippen LogP contribution in [0.3, 0.4) is 0 Å². The quantitative estimate of drug-likeness (QED) is 0.928. The summed E-state index contributed by atoms with van der Waals surface area (Å²) >= 11 is 1.46. The SMILES string of the molecule is CC(C)(C)NCc1nnc(-c2ccc(F)cn2)s1. The summed E-state index contributed by atoms with van der Waals surface area (Å²) in [5.74, 6) is -0.349. The molecule has 0 amide bonds. The number of nitrogens with one attached hydrogen (secondary N) is 1. The van der Waals surface area contributed by atoms with Gasteiger partial charge in [0.1, 0.15) is 16.5 Å². The maximum absolute atomic E-state index is 12.8. The molecule has 18 heavy (non-hydrogen) atoms. The van der Waals surface area contributed by atoms with Gasteiger partial charge in [-0.25, -0.2) is 4.39 Å². The Balaban J connectivity index is 2.08. The van der Waals surface area contributed by atoms with E-state index in [0.29, 0.717) is 17.2 Å². The van der Waals surface area contributed by atoms with Gasteiger partial charge in [0.05, 0.1) is 12.7 Å². The van der Waals surface area contributed by atoms with Crippen LogP contribution in [0.2, 0.25) is 0 Å². The summed E-state index contributed by atoms with van der Waals surface area (Å²) in [5.41, 5.74) is 0.691. The van der Waals surface area contributed by atoms with Crippen LogP contribution < -0.4 is 5.32 Å². The van der Waals surface area contributed by atoms with Gasteiger partial charge in [-0.05, 0) is 32.9 Å². The average molecular weight is 266 g/mol. The second kappa shape index (κ2) is 5.07. The highest BCUT2D eigenvalue weighted by atomic mass is 32.1. The van der Waals surface area contributed by atoms with Crippen molar-refractivity contribution < 1.29 is 4.39 Å². The normalized spacial score (nSPS) is 11.8. The van der Waals surface area contributed by atoms with E-state index < -0.39 is 0 Å². The van der Waals surface area contributed by atoms with Crippen molar-refractivity contribution in [3.05, 3.63) is 29.2 Å². The third-order valence-corrected chi connectivity index (χ3v) is 3.13. The molecule has 0 radical (unpaired) electrons. The Morgan fingerprint density at radius 3 is 2.67 bits per heavy atom. The summed E-state index contributed by atoms with van der Waals surface area (Å²) in [7, 11) is 0. The Kier molecular flexibility index (Phi) is 3.68. The van der Waals surface area contributed by atoms with Crippen molar-refractivity contribution in [1.29, 1.82) is 0 Å². The minimum atomic E-state index is -0.349. The van der Waals surface area contributed by atoms with Gasteiger partial charge in [-0.2, -0.15) is 0 Å². The monoisotopic (exact) mass is 266 g/mol. The van der Waals surface area contributed by atoms with Crippen LogP contribution in [0.25, 0.3) is 10.7 Å². The van der Waals surface area contributed by atoms with E-state index in [4.69, 9.17) is 0 Å². The van der Waals surface area contributed by atoms with Crippen molar-refractivity contribution >= 4 is 11.3 Å². The van der Waals surface area contributed by atoms with Gasteiger partial charge in [0.15, 0.2) is 5.01 Å². The van der Waals surface area contributed by atoms with Crippen molar-refractivity contribution in [3.63, 3.8) is 0 Å². The number of aromatic nitrogens is 3. The molecule has 2 aromatic heterocycles. The molecule has 0 atom stereocenters. The second-order valence-corrected chi connectivity index (χ2v) is 6.03. The summed E-state index contributed by atoms with van der Waals surface area (Å²) in [6.45, 7) is 6.95. The topological polar surface area (TPSA) is 50.7 Å². The Hall–Kier alpha value is -1.40. The molecule has 0 aromatic carbocycles. The summed E-state index contributed by atoms with van der Waals surface area (Å²) in [6.07, 6.45) is 1.18. The lowest BCUT2D eigenvalue weighted by Gasteiger charge is -2.19. The van der Waals surface area contributed by atoms with Gasteiger partial charge in [-0.15, -0.1) is 10.2 Å². The van der Waals surface area contributed by atoms with E-state index in [2.05, 4.69) is 41.3 Å². The van der Waals surface area contributed by atoms with E-state index in [1.165, 1.54) is 23.6 Å². The van der Waals surface area contributed by atoms with Crippen molar-refractivity contribution in [2.75, 3.05) is 0 Å². The van der Waals surface area contributed by atoms with Gasteiger partial charge in [-0.3, -0.25) is 4.98 Å². The third-order valence-electron chi connectivity index (χ3n) is 2.18. The van der Waals surface area contributed by atoms with Crippen molar-refractivity contribution in [2.24, 2.45) is 0 Å². The molecule has 0 aliphatic heterocycles. The van der Waals surface area contributed by atoms with E-state index in [1.807, 2.05) is 0 Å². The van der Waals surface area contributed by atoms with Crippen LogP contribution >= 0.6 is 11.3 Å². The number of pyridine rings is 1. The van der Waals surface area contributed by atoms with Crippen LogP contribution in [-0.2, 0) is 6.54 Å². The fraction of sp³-hybridized carbons (Fsp3) is 0.417. The molecule has 6 heteroatoms. The van der Waals surface area contributed by atoms with Crippen LogP contribution in [0.15, 0.2) is 18.3 Å². The molecular weight excluding hydrogens is 251 g/mol. The largest absolute Gasteiger partial charge is 0.306 e. The summed E-state index contributed by atoms with van der Waals surface area (Å²) in [4.78, 5) is 3.98. The van der Waals surface area contributed by atoms with Crippen molar-refractivity contribution in [3.8, 4) is 10.7 Å². The predicted octanol–water partition coefficient (Wildman–Crippen LogP) is 2.63. The standard InChI is InChI=1S/C12H15FN4S/c1-12(2,3)15-7-10-16-17-11(18-10)9-5-4-8(13)6-14-9/h4-6,15H,7H2,1-3H3. The lowest BCUT2D eigenvalue weighted by atomic mass is 10.1. The molecular formula is C12H15FN4S. The number of hydrogen-bond donors (Lipinski definition) is 1. The zero-order valence-corrected chi connectivity index (χ0v) is 11.4. The molecule has 0 spiro atoms. The predicted molar refractivity (Wildman–Crippen MR) is 69.7 cm³/mol. The fourth-order valence-corrected chi connectivity index (χ4v) is 2.03. The fourth-order valence-electron chi connectivity index (χ4n) is 1.27. The molecule has 0 saturated carbocycles. The first-order valence-electron chi connectivity index (χ1n) is 5.63. The molecule has 1 N–H and O–H groups in total. The van der Waals surface area contributed by atoms with Gasteiger partial charge in [0.2, 0.25) is 0 Å². The lowest BCUT2D eigenvalue weighted by molar-refractivity contribution is 0.423. The van der Waals surface area contributed by atoms with Crippen LogP contribution in [0.1, 0.15) is 25.8 Å². The van der Waals surface area contributed by atoms with Crippen molar-refractivity contribution in [2.45, 2.75) is 32.9 Å². The summed E-state index contributed by atoms with van der Waals surface area (Å²) in [6, 6.07) is 2.98. The number of rotatable bonds is 3. The van der Waals surface area contributed by atoms with Gasteiger partial charge >= 0.3 is 0 Å². The van der Waals surface area contributed by atoms with E-state index in [1.54, 1.807) is 6.07 Å². The maximum Gasteiger partial charge on any atom is 0.166 e. The number of nitrogens with zero attached hydrogens (tertiary/aromatic N) is 3. The minimum absolute atomic E-state index is 0.0416. The van der Waals surface area contributed by atoms with Crippen LogP contribution in [0, 0.1) is 5.82 Å². The molecule has 2 heterocycles. The summed E-state index contributed by atoms with van der Waals surface area (Å²) < 4.78 is 12.8. The highest BCUT2D eigenvalue weighted by molar-refractivity contribution is 7.14. The average Bonchev–Trinajstić information content (AvgIpc) is 2.75. The Morgan fingerprint density at radius 2 is 2.06 bits per heavy atom. The molecule has 0 fully saturated rings. The molecule has 0 saturated heterocycles. The van der Waals surface area contributed by atoms with E-state index in [9.17, 15) is 4.39 Å². The van der Waals surface area contributed by atoms with E-state index >= 15 is 0 Å². The number of halogens is 1. The van der Waals surface area contributed by atoms with E-state index in [-0.39, 0.29) is 11.4 Å². The Bertz CT molecular complexity index is 516. The molecule has 0 unspecified atom stereocenters. The highest BCUT2D eigenvalue weighted by Gasteiger charge is 2.12. The molecule has 0 bridgehead atoms. The van der Waals surface area contributed by atoms with E-state index in [0.717, 1.165) is 5.01 Å². The van der Waals surface area contributed by atoms with Crippen LogP contribution in [0.5, 0.6) is 0 Å². The smallest absolute Gasteiger partial charge is 0.166 e. The first-order valence-corrected chi connectivity index (χ1v) is 6.45. The maximum atomic E-state index is 12.8. The van der Waals surface area contributed by atoms with Crippen LogP contribution in [-0.4, -0.2) is 20.7 Å². The lowest BCUT2D eigenvalue weighted by Crippen LogP contribution is -2.35. The zero-order chi connectivity index (χ0) is 13.2. The molecule has 96 valence electrons. The Morgan fingerprint density at radius 1 is 1.28 bits per heavy atom. The van der Waals surface area contributed by atoms with Crippen molar-refractivity contribution in [1.82, 2.24) is 20.5 Å². The highest BCUT2D eigenvalue weighted by Crippen LogP contribution is 2.21. The minimum Gasteiger partial charge on any atom is -0.306 e. The van der Waals surface area contributed by atoms with Crippen LogP contribution in [0.4, 0.5) is 4.39 Å². The van der Waals surface area contributed by atoms with Gasteiger partial charge in [0, 0.05) is 5.54 Å². The molecule has 2 rings (SSSR count). The third kappa shape index (κ3) is 3.54.